The lowest BCUT2D eigenvalue weighted by Crippen LogP contribution is -2.47. The number of amides is 1. The van der Waals surface area contributed by atoms with E-state index in [-0.39, 0.29) is 25.1 Å². The average molecular weight is 1240 g/mol. The van der Waals surface area contributed by atoms with E-state index in [0.717, 1.165) is 103 Å². The first-order chi connectivity index (χ1) is 42.4. The predicted molar refractivity (Wildman–Crippen MR) is 378 cm³/mol. The molecule has 0 fully saturated rings. The molecule has 0 aromatic rings. The van der Waals surface area contributed by atoms with Crippen molar-refractivity contribution in [3.8, 4) is 0 Å². The van der Waals surface area contributed by atoms with E-state index in [4.69, 9.17) is 13.8 Å². The molecule has 0 radical (unpaired) electrons. The van der Waals surface area contributed by atoms with Crippen LogP contribution in [-0.2, 0) is 27.9 Å². The number of ether oxygens (including phenoxy) is 1. The molecule has 87 heavy (non-hydrogen) atoms. The first-order valence-corrected chi connectivity index (χ1v) is 38.8. The summed E-state index contributed by atoms with van der Waals surface area (Å²) in [6, 6.07) is -0.853. The lowest BCUT2D eigenvalue weighted by atomic mass is 10.0. The number of hydrogen-bond donors (Lipinski definition) is 2. The quantitative estimate of drug-likeness (QED) is 0.0205. The highest BCUT2D eigenvalue weighted by Gasteiger charge is 2.30. The second kappa shape index (κ2) is 66.4. The Labute approximate surface area is 540 Å². The van der Waals surface area contributed by atoms with Crippen molar-refractivity contribution >= 4 is 19.7 Å². The van der Waals surface area contributed by atoms with Gasteiger partial charge in [0.25, 0.3) is 0 Å². The number of carbonyl (C=O) groups is 2. The van der Waals surface area contributed by atoms with E-state index < -0.39 is 20.0 Å². The number of carbonyl (C=O) groups excluding carboxylic acids is 2. The number of phosphoric acid groups is 1. The van der Waals surface area contributed by atoms with Crippen LogP contribution in [0.15, 0.2) is 72.9 Å². The molecule has 10 heteroatoms. The molecule has 0 spiro atoms. The van der Waals surface area contributed by atoms with Crippen LogP contribution in [-0.4, -0.2) is 74.3 Å². The van der Waals surface area contributed by atoms with Gasteiger partial charge in [0.05, 0.1) is 33.8 Å². The van der Waals surface area contributed by atoms with E-state index in [0.29, 0.717) is 23.9 Å². The average Bonchev–Trinajstić information content (AvgIpc) is 3.70. The number of quaternary nitrogens is 1. The number of unbranched alkanes of at least 4 members (excludes halogenated alkanes) is 42. The third kappa shape index (κ3) is 67.7. The molecular formula is C77H144N2O7P+. The molecule has 3 atom stereocenters. The predicted octanol–water partition coefficient (Wildman–Crippen LogP) is 23.9. The highest BCUT2D eigenvalue weighted by Crippen LogP contribution is 2.43. The minimum atomic E-state index is -4.46. The number of phosphoric ester groups is 1. The minimum absolute atomic E-state index is 0.0385. The van der Waals surface area contributed by atoms with Gasteiger partial charge in [-0.3, -0.25) is 18.6 Å². The van der Waals surface area contributed by atoms with Gasteiger partial charge in [-0.25, -0.2) is 4.57 Å². The zero-order valence-electron chi connectivity index (χ0n) is 58.3. The molecule has 0 saturated carbocycles. The maximum atomic E-state index is 13.6. The van der Waals surface area contributed by atoms with Crippen molar-refractivity contribution in [1.82, 2.24) is 5.32 Å². The summed E-state index contributed by atoms with van der Waals surface area (Å²) in [6.45, 7) is 6.94. The number of nitrogens with zero attached hydrogens (tertiary/aromatic N) is 1. The van der Waals surface area contributed by atoms with Crippen molar-refractivity contribution in [2.45, 2.75) is 367 Å². The van der Waals surface area contributed by atoms with E-state index in [1.54, 1.807) is 0 Å². The van der Waals surface area contributed by atoms with Crippen molar-refractivity contribution in [2.75, 3.05) is 40.9 Å². The monoisotopic (exact) mass is 1240 g/mol. The molecule has 0 heterocycles. The van der Waals surface area contributed by atoms with Crippen LogP contribution < -0.4 is 5.32 Å². The van der Waals surface area contributed by atoms with Gasteiger partial charge in [-0.05, 0) is 76.7 Å². The normalized spacial score (nSPS) is 13.9. The highest BCUT2D eigenvalue weighted by molar-refractivity contribution is 7.47. The maximum Gasteiger partial charge on any atom is 0.472 e. The molecule has 3 unspecified atom stereocenters. The van der Waals surface area contributed by atoms with Crippen molar-refractivity contribution in [2.24, 2.45) is 0 Å². The Balaban J connectivity index is 4.96. The lowest BCUT2D eigenvalue weighted by Gasteiger charge is -2.27. The zero-order valence-corrected chi connectivity index (χ0v) is 59.2. The molecule has 508 valence electrons. The Morgan fingerprint density at radius 2 is 0.736 bits per heavy atom. The Bertz CT molecular complexity index is 1720. The zero-order chi connectivity index (χ0) is 63.5. The van der Waals surface area contributed by atoms with Crippen LogP contribution in [0.1, 0.15) is 355 Å². The van der Waals surface area contributed by atoms with Gasteiger partial charge < -0.3 is 19.4 Å². The van der Waals surface area contributed by atoms with Gasteiger partial charge in [-0.15, -0.1) is 0 Å². The van der Waals surface area contributed by atoms with Crippen LogP contribution in [0.2, 0.25) is 0 Å². The Morgan fingerprint density at radius 3 is 1.10 bits per heavy atom. The summed E-state index contributed by atoms with van der Waals surface area (Å²) in [5.74, 6) is -0.499. The van der Waals surface area contributed by atoms with Crippen LogP contribution in [0.25, 0.3) is 0 Å². The second-order valence-electron chi connectivity index (χ2n) is 26.4. The smallest absolute Gasteiger partial charge is 0.456 e. The number of esters is 1. The van der Waals surface area contributed by atoms with Crippen LogP contribution >= 0.6 is 7.82 Å². The largest absolute Gasteiger partial charge is 0.472 e. The van der Waals surface area contributed by atoms with E-state index >= 15 is 0 Å². The molecule has 0 saturated heterocycles. The lowest BCUT2D eigenvalue weighted by molar-refractivity contribution is -0.870. The van der Waals surface area contributed by atoms with Crippen LogP contribution in [0.5, 0.6) is 0 Å². The molecule has 0 aromatic carbocycles. The minimum Gasteiger partial charge on any atom is -0.456 e. The van der Waals surface area contributed by atoms with E-state index in [2.05, 4.69) is 86.8 Å². The molecule has 9 nitrogen and oxygen atoms in total. The number of allylic oxidation sites excluding steroid dienone is 11. The van der Waals surface area contributed by atoms with Crippen molar-refractivity contribution < 1.29 is 37.3 Å². The van der Waals surface area contributed by atoms with E-state index in [9.17, 15) is 19.0 Å². The fraction of sp³-hybridized carbons (Fsp3) is 0.818. The Morgan fingerprint density at radius 1 is 0.414 bits per heavy atom. The molecule has 0 rings (SSSR count). The number of nitrogens with one attached hydrogen (secondary N) is 1. The molecule has 1 amide bonds. The summed E-state index contributed by atoms with van der Waals surface area (Å²) in [5.41, 5.74) is 0. The first kappa shape index (κ1) is 84.5. The summed E-state index contributed by atoms with van der Waals surface area (Å²) in [4.78, 5) is 37.9. The molecule has 0 aliphatic heterocycles. The number of likely N-dealkylation sites (N-methyl/N-ethyl adjacent to an activating group) is 1. The number of rotatable bonds is 68. The third-order valence-corrected chi connectivity index (χ3v) is 17.6. The van der Waals surface area contributed by atoms with Crippen molar-refractivity contribution in [3.63, 3.8) is 0 Å². The van der Waals surface area contributed by atoms with Gasteiger partial charge in [0.2, 0.25) is 5.91 Å². The third-order valence-electron chi connectivity index (χ3n) is 16.7. The van der Waals surface area contributed by atoms with Crippen molar-refractivity contribution in [1.29, 1.82) is 0 Å². The standard InChI is InChI=1S/C77H143N2O7P/c1-7-10-13-16-19-22-25-27-29-31-33-35-37-39-41-43-45-47-49-51-54-57-60-63-66-69-76(80)78-74(73-85-87(82,83)84-72-71-79(4,5)6)75(68-65-62-59-56-53-24-21-18-15-12-9-3)86-77(81)70-67-64-61-58-55-52-50-48-46-44-42-40-38-36-34-32-30-28-26-23-20-17-14-11-8-2/h10,13,19,22,27,29,33,35,39,41,65,68,74-75H,7-9,11-12,14-18,20-21,23-26,28,30-32,34,36-38,40,42-64,66-67,69-73H2,1-6H3,(H-,78,80,82,83)/p+1/b13-10-,22-19-,29-27-,35-33-,41-39-,68-65+. The van der Waals surface area contributed by atoms with Gasteiger partial charge in [-0.2, -0.15) is 0 Å². The Hall–Kier alpha value is -2.55. The summed E-state index contributed by atoms with van der Waals surface area (Å²) >= 11 is 0. The van der Waals surface area contributed by atoms with Gasteiger partial charge in [-0.1, -0.05) is 338 Å². The van der Waals surface area contributed by atoms with E-state index in [1.165, 1.54) is 218 Å². The molecule has 0 aliphatic rings. The first-order valence-electron chi connectivity index (χ1n) is 37.3. The van der Waals surface area contributed by atoms with Gasteiger partial charge in [0, 0.05) is 12.8 Å². The van der Waals surface area contributed by atoms with Crippen LogP contribution in [0.4, 0.5) is 0 Å². The SMILES string of the molecule is CC/C=C\C/C=C\C/C=C\C/C=C\C/C=C\CCCCCCCCCCCC(=O)NC(COP(=O)(O)OCC[N+](C)(C)C)C(/C=C/CCCCCCCCCCC)OC(=O)CCCCCCCCCCCCCCCCCCCCCCCCCCC. The molecule has 0 bridgehead atoms. The topological polar surface area (TPSA) is 111 Å². The van der Waals surface area contributed by atoms with Crippen LogP contribution in [0, 0.1) is 0 Å². The molecule has 0 aliphatic carbocycles. The van der Waals surface area contributed by atoms with Gasteiger partial charge in [0.15, 0.2) is 0 Å². The van der Waals surface area contributed by atoms with Gasteiger partial charge in [0.1, 0.15) is 19.3 Å². The number of hydrogen-bond acceptors (Lipinski definition) is 6. The Kier molecular flexibility index (Phi) is 64.4. The molecule has 2 N–H and O–H groups in total. The second-order valence-corrected chi connectivity index (χ2v) is 27.9. The maximum absolute atomic E-state index is 13.6. The summed E-state index contributed by atoms with van der Waals surface area (Å²) in [7, 11) is 1.50. The highest BCUT2D eigenvalue weighted by atomic mass is 31.2. The fourth-order valence-electron chi connectivity index (χ4n) is 11.0. The summed E-state index contributed by atoms with van der Waals surface area (Å²) < 4.78 is 30.9. The molecular weight excluding hydrogens is 1100 g/mol. The fourth-order valence-corrected chi connectivity index (χ4v) is 11.7. The van der Waals surface area contributed by atoms with E-state index in [1.807, 2.05) is 33.3 Å². The van der Waals surface area contributed by atoms with Crippen molar-refractivity contribution in [3.05, 3.63) is 72.9 Å². The molecule has 0 aromatic heterocycles. The van der Waals surface area contributed by atoms with Gasteiger partial charge >= 0.3 is 13.8 Å². The van der Waals surface area contributed by atoms with Crippen LogP contribution in [0.3, 0.4) is 0 Å². The summed E-state index contributed by atoms with van der Waals surface area (Å²) in [6.07, 6.45) is 87.9. The summed E-state index contributed by atoms with van der Waals surface area (Å²) in [5, 5.41) is 3.07.